The van der Waals surface area contributed by atoms with Crippen LogP contribution < -0.4 is 4.90 Å². The number of aromatic amines is 1. The first-order valence-electron chi connectivity index (χ1n) is 9.97. The van der Waals surface area contributed by atoms with E-state index in [2.05, 4.69) is 43.0 Å². The summed E-state index contributed by atoms with van der Waals surface area (Å²) in [5.74, 6) is 0.545. The van der Waals surface area contributed by atoms with Crippen LogP contribution >= 0.6 is 0 Å². The van der Waals surface area contributed by atoms with E-state index in [4.69, 9.17) is 0 Å². The maximum Gasteiger partial charge on any atom is 0.183 e. The van der Waals surface area contributed by atoms with Crippen LogP contribution in [0.3, 0.4) is 0 Å². The van der Waals surface area contributed by atoms with Crippen molar-refractivity contribution in [1.29, 1.82) is 5.26 Å². The molecular formula is C21H20FN9. The number of hydrogen-bond donors (Lipinski definition) is 1. The molecule has 0 spiro atoms. The summed E-state index contributed by atoms with van der Waals surface area (Å²) in [5.41, 5.74) is 2.20. The molecule has 1 aliphatic heterocycles. The first-order chi connectivity index (χ1) is 15.1. The molecule has 4 aromatic heterocycles. The second-order valence-electron chi connectivity index (χ2n) is 8.01. The molecule has 10 heteroatoms. The van der Waals surface area contributed by atoms with Crippen molar-refractivity contribution in [2.75, 3.05) is 24.7 Å². The topological polar surface area (TPSA) is 112 Å². The molecule has 2 atom stereocenters. The third-order valence-corrected chi connectivity index (χ3v) is 6.09. The second kappa shape index (κ2) is 7.43. The maximum atomic E-state index is 14.3. The number of nitrogens with one attached hydrogen (secondary N) is 1. The molecular weight excluding hydrogens is 397 g/mol. The number of nitrogens with zero attached hydrogens (tertiary/aromatic N) is 8. The van der Waals surface area contributed by atoms with E-state index in [1.807, 2.05) is 23.4 Å². The smallest absolute Gasteiger partial charge is 0.183 e. The quantitative estimate of drug-likeness (QED) is 0.531. The molecule has 1 fully saturated rings. The summed E-state index contributed by atoms with van der Waals surface area (Å²) < 4.78 is 16.0. The predicted octanol–water partition coefficient (Wildman–Crippen LogP) is 2.91. The number of anilines is 1. The third kappa shape index (κ3) is 3.18. The normalized spacial score (nSPS) is 19.6. The van der Waals surface area contributed by atoms with Gasteiger partial charge in [-0.3, -0.25) is 4.68 Å². The van der Waals surface area contributed by atoms with Gasteiger partial charge in [-0.2, -0.15) is 10.4 Å². The highest BCUT2D eigenvalue weighted by atomic mass is 19.1. The largest absolute Gasteiger partial charge is 0.354 e. The highest BCUT2D eigenvalue weighted by Crippen LogP contribution is 2.42. The Kier molecular flexibility index (Phi) is 4.58. The summed E-state index contributed by atoms with van der Waals surface area (Å²) in [6.07, 6.45) is 10.7. The van der Waals surface area contributed by atoms with Gasteiger partial charge in [0.1, 0.15) is 24.7 Å². The van der Waals surface area contributed by atoms with Crippen LogP contribution in [0.1, 0.15) is 25.1 Å². The molecule has 9 nitrogen and oxygen atoms in total. The van der Waals surface area contributed by atoms with Crippen molar-refractivity contribution in [2.24, 2.45) is 5.41 Å². The Morgan fingerprint density at radius 3 is 3.00 bits per heavy atom. The monoisotopic (exact) mass is 417 g/mol. The molecule has 0 aliphatic carbocycles. The first kappa shape index (κ1) is 19.1. The molecule has 0 bridgehead atoms. The fourth-order valence-electron chi connectivity index (χ4n) is 4.39. The lowest BCUT2D eigenvalue weighted by atomic mass is 9.82. The van der Waals surface area contributed by atoms with Gasteiger partial charge in [0.2, 0.25) is 0 Å². The van der Waals surface area contributed by atoms with Crippen LogP contribution in [0.2, 0.25) is 0 Å². The van der Waals surface area contributed by atoms with E-state index < -0.39 is 18.1 Å². The molecule has 1 aliphatic rings. The summed E-state index contributed by atoms with van der Waals surface area (Å²) in [5, 5.41) is 14.7. The zero-order chi connectivity index (χ0) is 21.4. The molecule has 5 heterocycles. The minimum absolute atomic E-state index is 0.282. The highest BCUT2D eigenvalue weighted by Gasteiger charge is 2.43. The summed E-state index contributed by atoms with van der Waals surface area (Å²) in [4.78, 5) is 22.1. The molecule has 5 rings (SSSR count). The van der Waals surface area contributed by atoms with E-state index in [-0.39, 0.29) is 5.69 Å². The lowest BCUT2D eigenvalue weighted by Crippen LogP contribution is -2.35. The Bertz CT molecular complexity index is 1270. The number of alkyl halides is 1. The lowest BCUT2D eigenvalue weighted by molar-refractivity contribution is 0.164. The van der Waals surface area contributed by atoms with Gasteiger partial charge < -0.3 is 9.88 Å². The number of halogens is 1. The SMILES string of the molecule is C[C@]1(C(CF)n2cc(-c3ncnc4[nH]ccc34)cn2)CCN(c2nccnc2C#N)C1. The summed E-state index contributed by atoms with van der Waals surface area (Å²) in [7, 11) is 0. The van der Waals surface area contributed by atoms with Gasteiger partial charge >= 0.3 is 0 Å². The third-order valence-electron chi connectivity index (χ3n) is 6.09. The Labute approximate surface area is 177 Å². The Morgan fingerprint density at radius 2 is 2.16 bits per heavy atom. The van der Waals surface area contributed by atoms with Crippen LogP contribution in [0, 0.1) is 16.7 Å². The van der Waals surface area contributed by atoms with Crippen LogP contribution in [-0.2, 0) is 0 Å². The van der Waals surface area contributed by atoms with Crippen molar-refractivity contribution >= 4 is 16.9 Å². The summed E-state index contributed by atoms with van der Waals surface area (Å²) in [6, 6.07) is 3.54. The number of rotatable bonds is 5. The fraction of sp³-hybridized carbons (Fsp3) is 0.333. The number of fused-ring (bicyclic) bond motifs is 1. The highest BCUT2D eigenvalue weighted by molar-refractivity contribution is 5.89. The second-order valence-corrected chi connectivity index (χ2v) is 8.01. The van der Waals surface area contributed by atoms with Crippen LogP contribution in [-0.4, -0.2) is 54.5 Å². The number of aromatic nitrogens is 7. The zero-order valence-corrected chi connectivity index (χ0v) is 16.9. The van der Waals surface area contributed by atoms with Gasteiger partial charge in [-0.15, -0.1) is 0 Å². The van der Waals surface area contributed by atoms with Gasteiger partial charge in [-0.25, -0.2) is 24.3 Å². The molecule has 4 aromatic rings. The molecule has 156 valence electrons. The zero-order valence-electron chi connectivity index (χ0n) is 16.9. The standard InChI is InChI=1S/C21H20FN9/c1-21(3-7-30(12-21)20-16(9-23)24-5-6-26-20)17(8-22)31-11-14(10-29-31)18-15-2-4-25-19(15)28-13-27-18/h2,4-6,10-11,13,17H,3,7-8,12H2,1H3,(H,25,27,28)/t17?,21-/m0/s1. The van der Waals surface area contributed by atoms with Crippen molar-refractivity contribution in [3.63, 3.8) is 0 Å². The molecule has 1 saturated heterocycles. The van der Waals surface area contributed by atoms with E-state index >= 15 is 0 Å². The minimum Gasteiger partial charge on any atom is -0.354 e. The molecule has 0 saturated carbocycles. The van der Waals surface area contributed by atoms with Gasteiger partial charge in [0.05, 0.1) is 17.9 Å². The van der Waals surface area contributed by atoms with E-state index in [1.54, 1.807) is 17.1 Å². The van der Waals surface area contributed by atoms with Crippen molar-refractivity contribution < 1.29 is 4.39 Å². The van der Waals surface area contributed by atoms with Gasteiger partial charge in [-0.05, 0) is 12.5 Å². The molecule has 0 aromatic carbocycles. The van der Waals surface area contributed by atoms with Crippen molar-refractivity contribution in [2.45, 2.75) is 19.4 Å². The molecule has 0 amide bonds. The predicted molar refractivity (Wildman–Crippen MR) is 112 cm³/mol. The van der Waals surface area contributed by atoms with Crippen molar-refractivity contribution in [3.8, 4) is 17.3 Å². The number of H-pyrrole nitrogens is 1. The number of hydrogen-bond acceptors (Lipinski definition) is 7. The van der Waals surface area contributed by atoms with Gasteiger partial charge in [0, 0.05) is 54.2 Å². The van der Waals surface area contributed by atoms with Crippen LogP contribution in [0.25, 0.3) is 22.3 Å². The first-order valence-corrected chi connectivity index (χ1v) is 9.97. The van der Waals surface area contributed by atoms with Gasteiger partial charge in [0.25, 0.3) is 0 Å². The lowest BCUT2D eigenvalue weighted by Gasteiger charge is -2.32. The van der Waals surface area contributed by atoms with Gasteiger partial charge in [-0.1, -0.05) is 6.92 Å². The fourth-order valence-corrected chi connectivity index (χ4v) is 4.39. The van der Waals surface area contributed by atoms with Crippen LogP contribution in [0.5, 0.6) is 0 Å². The molecule has 1 N–H and O–H groups in total. The summed E-state index contributed by atoms with van der Waals surface area (Å²) >= 11 is 0. The minimum atomic E-state index is -0.555. The average molecular weight is 417 g/mol. The average Bonchev–Trinajstić information content (AvgIpc) is 3.54. The summed E-state index contributed by atoms with van der Waals surface area (Å²) in [6.45, 7) is 2.72. The molecule has 0 radical (unpaired) electrons. The van der Waals surface area contributed by atoms with E-state index in [0.717, 1.165) is 28.7 Å². The molecule has 31 heavy (non-hydrogen) atoms. The van der Waals surface area contributed by atoms with Crippen LogP contribution in [0.15, 0.2) is 43.4 Å². The van der Waals surface area contributed by atoms with E-state index in [9.17, 15) is 9.65 Å². The Balaban J connectivity index is 1.44. The Morgan fingerprint density at radius 1 is 1.29 bits per heavy atom. The Hall–Kier alpha value is -3.87. The molecule has 1 unspecified atom stereocenters. The van der Waals surface area contributed by atoms with E-state index in [1.165, 1.54) is 12.5 Å². The van der Waals surface area contributed by atoms with Crippen molar-refractivity contribution in [3.05, 3.63) is 49.1 Å². The van der Waals surface area contributed by atoms with Gasteiger partial charge in [0.15, 0.2) is 11.5 Å². The van der Waals surface area contributed by atoms with Crippen molar-refractivity contribution in [1.82, 2.24) is 34.7 Å². The van der Waals surface area contributed by atoms with E-state index in [0.29, 0.717) is 18.9 Å². The maximum absolute atomic E-state index is 14.3. The van der Waals surface area contributed by atoms with Crippen LogP contribution in [0.4, 0.5) is 10.2 Å². The number of nitriles is 1.